The normalized spacial score (nSPS) is 12.0. The van der Waals surface area contributed by atoms with Gasteiger partial charge in [-0.2, -0.15) is 0 Å². The van der Waals surface area contributed by atoms with Crippen molar-refractivity contribution in [1.82, 2.24) is 16.2 Å². The first-order chi connectivity index (χ1) is 30.6. The Balaban J connectivity index is 1.20. The maximum absolute atomic E-state index is 14.4. The molecule has 0 heterocycles. The summed E-state index contributed by atoms with van der Waals surface area (Å²) in [5.74, 6) is -0.895. The molecule has 0 fully saturated rings. The maximum Gasteiger partial charge on any atom is 0.530 e. The molecule has 0 radical (unpaired) electrons. The Bertz CT molecular complexity index is 2350. The minimum Gasteiger partial charge on any atom is -0.485 e. The van der Waals surface area contributed by atoms with Crippen LogP contribution in [0.4, 0.5) is 4.79 Å². The van der Waals surface area contributed by atoms with Gasteiger partial charge in [-0.25, -0.2) is 19.6 Å². The first-order valence-electron chi connectivity index (χ1n) is 20.3. The van der Waals surface area contributed by atoms with Crippen LogP contribution in [0, 0.1) is 0 Å². The van der Waals surface area contributed by atoms with Crippen molar-refractivity contribution in [3.63, 3.8) is 0 Å². The highest BCUT2D eigenvalue weighted by atomic mass is 31.2. The lowest BCUT2D eigenvalue weighted by Gasteiger charge is -2.29. The molecule has 0 aliphatic heterocycles. The van der Waals surface area contributed by atoms with Gasteiger partial charge in [0.05, 0.1) is 13.2 Å². The van der Waals surface area contributed by atoms with E-state index in [2.05, 4.69) is 16.2 Å². The predicted molar refractivity (Wildman–Crippen MR) is 237 cm³/mol. The van der Waals surface area contributed by atoms with Gasteiger partial charge in [0.25, 0.3) is 0 Å². The first kappa shape index (κ1) is 45.8. The topological polar surface area (TPSA) is 160 Å². The molecule has 0 aromatic heterocycles. The summed E-state index contributed by atoms with van der Waals surface area (Å²) in [7, 11) is -4.31. The fourth-order valence-electron chi connectivity index (χ4n) is 6.03. The molecule has 6 aromatic carbocycles. The van der Waals surface area contributed by atoms with Crippen LogP contribution in [-0.2, 0) is 72.1 Å². The molecule has 6 aromatic rings. The lowest BCUT2D eigenvalue weighted by Crippen LogP contribution is -2.59. The summed E-state index contributed by atoms with van der Waals surface area (Å²) in [5.41, 5.74) is 8.50. The number of carbonyl (C=O) groups excluding carboxylic acids is 3. The van der Waals surface area contributed by atoms with E-state index < -0.39 is 31.3 Å². The highest BCUT2D eigenvalue weighted by Crippen LogP contribution is 2.53. The predicted octanol–water partition coefficient (Wildman–Crippen LogP) is 9.17. The number of hydrogen-bond acceptors (Lipinski definition) is 11. The van der Waals surface area contributed by atoms with Crippen molar-refractivity contribution in [2.45, 2.75) is 58.3 Å². The van der Waals surface area contributed by atoms with E-state index in [-0.39, 0.29) is 63.9 Å². The van der Waals surface area contributed by atoms with Gasteiger partial charge in [-0.15, -0.1) is 0 Å². The summed E-state index contributed by atoms with van der Waals surface area (Å²) >= 11 is 0. The van der Waals surface area contributed by atoms with E-state index in [1.165, 1.54) is 0 Å². The number of benzene rings is 6. The summed E-state index contributed by atoms with van der Waals surface area (Å²) in [6, 6.07) is 51.3. The molecule has 13 nitrogen and oxygen atoms in total. The van der Waals surface area contributed by atoms with Crippen molar-refractivity contribution >= 4 is 25.8 Å². The van der Waals surface area contributed by atoms with Crippen LogP contribution in [0.5, 0.6) is 11.5 Å². The number of ether oxygens (including phenoxy) is 3. The zero-order valence-corrected chi connectivity index (χ0v) is 35.7. The average Bonchev–Trinajstić information content (AvgIpc) is 3.32. The van der Waals surface area contributed by atoms with Crippen molar-refractivity contribution < 1.29 is 46.7 Å². The molecule has 0 spiro atoms. The molecule has 0 unspecified atom stereocenters. The molecule has 14 heteroatoms. The van der Waals surface area contributed by atoms with E-state index in [4.69, 9.17) is 27.8 Å². The third kappa shape index (κ3) is 15.3. The Morgan fingerprint density at radius 1 is 0.540 bits per heavy atom. The number of phosphoric acid groups is 1. The Labute approximate surface area is 367 Å². The fourth-order valence-corrected chi connectivity index (χ4v) is 7.22. The smallest absolute Gasteiger partial charge is 0.485 e. The average molecular weight is 872 g/mol. The number of amides is 2. The first-order valence-corrected chi connectivity index (χ1v) is 21.8. The van der Waals surface area contributed by atoms with Crippen LogP contribution in [0.2, 0.25) is 0 Å². The molecule has 6 rings (SSSR count). The van der Waals surface area contributed by atoms with E-state index in [0.717, 1.165) is 27.8 Å². The Kier molecular flexibility index (Phi) is 17.0. The number of rotatable bonds is 23. The van der Waals surface area contributed by atoms with Gasteiger partial charge in [0.15, 0.2) is 11.5 Å². The molecule has 2 amide bonds. The Morgan fingerprint density at radius 3 is 1.51 bits per heavy atom. The number of phosphoric ester groups is 1. The quantitative estimate of drug-likeness (QED) is 0.0320. The number of nitrogens with one attached hydrogen (secondary N) is 3. The van der Waals surface area contributed by atoms with Crippen molar-refractivity contribution in [2.24, 2.45) is 0 Å². The van der Waals surface area contributed by atoms with Gasteiger partial charge in [0, 0.05) is 19.4 Å². The summed E-state index contributed by atoms with van der Waals surface area (Å²) < 4.78 is 49.7. The second-order valence-electron chi connectivity index (χ2n) is 14.6. The lowest BCUT2D eigenvalue weighted by atomic mass is 9.93. The van der Waals surface area contributed by atoms with Crippen molar-refractivity contribution in [3.05, 3.63) is 203 Å². The molecular weight excluding hydrogens is 822 g/mol. The van der Waals surface area contributed by atoms with Crippen molar-refractivity contribution in [3.8, 4) is 11.5 Å². The van der Waals surface area contributed by atoms with E-state index >= 15 is 0 Å². The molecular formula is C49H50N3O10P. The third-order valence-corrected chi connectivity index (χ3v) is 10.8. The summed E-state index contributed by atoms with van der Waals surface area (Å²) in [4.78, 5) is 39.2. The van der Waals surface area contributed by atoms with Gasteiger partial charge in [-0.3, -0.25) is 19.3 Å². The van der Waals surface area contributed by atoms with Gasteiger partial charge in [-0.1, -0.05) is 158 Å². The highest BCUT2D eigenvalue weighted by molar-refractivity contribution is 7.48. The van der Waals surface area contributed by atoms with Crippen molar-refractivity contribution in [2.75, 3.05) is 6.54 Å². The standard InChI is InChI=1S/C49H50N3O10P/c1-49(47(54)58-34-39-19-9-3-10-20-39,52-51-46(53)29-30-50-48(55)59-35-40-21-11-4-12-22-40)32-43-27-28-44(45(31-43)57-33-38-17-7-2-8-18-38)62-63(56,60-36-41-23-13-5-14-24-41)61-37-42-25-15-6-16-26-42/h2-28,31,52H,29-30,32-37H2,1H3,(H,50,55)(H,51,53)/t49-/m0/s1. The zero-order valence-electron chi connectivity index (χ0n) is 34.9. The van der Waals surface area contributed by atoms with Crippen LogP contribution >= 0.6 is 7.82 Å². The molecule has 3 N–H and O–H groups in total. The van der Waals surface area contributed by atoms with E-state index in [1.807, 2.05) is 152 Å². The van der Waals surface area contributed by atoms with Crippen LogP contribution < -0.4 is 25.4 Å². The molecule has 0 aliphatic rings. The largest absolute Gasteiger partial charge is 0.530 e. The minimum absolute atomic E-state index is 0.0143. The minimum atomic E-state index is -4.31. The Morgan fingerprint density at radius 2 is 1.00 bits per heavy atom. The Hall–Kier alpha value is -6.76. The highest BCUT2D eigenvalue weighted by Gasteiger charge is 2.37. The van der Waals surface area contributed by atoms with Crippen LogP contribution in [0.15, 0.2) is 170 Å². The van der Waals surface area contributed by atoms with E-state index in [1.54, 1.807) is 25.1 Å². The second-order valence-corrected chi connectivity index (χ2v) is 16.2. The summed E-state index contributed by atoms with van der Waals surface area (Å²) in [5, 5.41) is 2.56. The molecule has 63 heavy (non-hydrogen) atoms. The SMILES string of the molecule is C[C@@](Cc1ccc(OP(=O)(OCc2ccccc2)OCc2ccccc2)c(OCc2ccccc2)c1)(NNC(=O)CCNC(=O)OCc1ccccc1)C(=O)OCc1ccccc1. The third-order valence-electron chi connectivity index (χ3n) is 9.45. The van der Waals surface area contributed by atoms with Crippen LogP contribution in [-0.4, -0.2) is 30.1 Å². The van der Waals surface area contributed by atoms with Crippen LogP contribution in [0.25, 0.3) is 0 Å². The second kappa shape index (κ2) is 23.5. The molecule has 0 saturated heterocycles. The van der Waals surface area contributed by atoms with Gasteiger partial charge in [0.2, 0.25) is 5.91 Å². The maximum atomic E-state index is 14.4. The number of hydrogen-bond donors (Lipinski definition) is 3. The summed E-state index contributed by atoms with van der Waals surface area (Å²) in [6.07, 6.45) is -0.807. The summed E-state index contributed by atoms with van der Waals surface area (Å²) in [6.45, 7) is 1.66. The molecule has 0 saturated carbocycles. The van der Waals surface area contributed by atoms with Crippen LogP contribution in [0.1, 0.15) is 46.7 Å². The van der Waals surface area contributed by atoms with E-state index in [0.29, 0.717) is 5.56 Å². The van der Waals surface area contributed by atoms with Gasteiger partial charge >= 0.3 is 19.9 Å². The van der Waals surface area contributed by atoms with Crippen LogP contribution in [0.3, 0.4) is 0 Å². The number of hydrazine groups is 1. The fraction of sp³-hybridized carbons (Fsp3) is 0.204. The van der Waals surface area contributed by atoms with Crippen molar-refractivity contribution in [1.29, 1.82) is 0 Å². The number of alkyl carbamates (subject to hydrolysis) is 1. The molecule has 1 atom stereocenters. The van der Waals surface area contributed by atoms with E-state index in [9.17, 15) is 18.9 Å². The molecule has 0 aliphatic carbocycles. The molecule has 0 bridgehead atoms. The monoisotopic (exact) mass is 871 g/mol. The van der Waals surface area contributed by atoms with Gasteiger partial charge in [0.1, 0.15) is 25.4 Å². The zero-order chi connectivity index (χ0) is 44.2. The van der Waals surface area contributed by atoms with Gasteiger partial charge < -0.3 is 24.1 Å². The molecule has 326 valence electrons. The lowest BCUT2D eigenvalue weighted by molar-refractivity contribution is -0.153. The van der Waals surface area contributed by atoms with Gasteiger partial charge in [-0.05, 0) is 52.4 Å². The number of carbonyl (C=O) groups is 3. The number of esters is 1.